The molecule has 0 saturated heterocycles. The van der Waals surface area contributed by atoms with Crippen LogP contribution in [0.2, 0.25) is 0 Å². The average Bonchev–Trinajstić information content (AvgIpc) is 2.89. The maximum Gasteiger partial charge on any atom is 0.303 e. The van der Waals surface area contributed by atoms with E-state index in [1.54, 1.807) is 6.08 Å². The summed E-state index contributed by atoms with van der Waals surface area (Å²) >= 11 is 0. The molecule has 0 aromatic heterocycles. The molecule has 1 aliphatic carbocycles. The number of unbranched alkanes of at least 4 members (excludes halogenated alkanes) is 3. The zero-order valence-corrected chi connectivity index (χ0v) is 14.7. The predicted molar refractivity (Wildman–Crippen MR) is 94.8 cm³/mol. The average molecular weight is 334 g/mol. The van der Waals surface area contributed by atoms with Crippen molar-refractivity contribution in [1.82, 2.24) is 0 Å². The topological polar surface area (TPSA) is 71.4 Å². The Hall–Kier alpha value is -1.71. The fraction of sp³-hybridized carbons (Fsp3) is 0.650. The molecule has 1 saturated carbocycles. The van der Waals surface area contributed by atoms with Crippen molar-refractivity contribution in [2.75, 3.05) is 0 Å². The molecular formula is C20H30O4. The van der Waals surface area contributed by atoms with Gasteiger partial charge in [-0.2, -0.15) is 0 Å². The molecule has 134 valence electrons. The molecule has 0 amide bonds. The number of Topliss-reactive ketones (excluding diaryl/α,β-unsaturated/α-hetero) is 1. The van der Waals surface area contributed by atoms with Crippen LogP contribution < -0.4 is 0 Å². The lowest BCUT2D eigenvalue weighted by Crippen LogP contribution is -2.12. The van der Waals surface area contributed by atoms with Gasteiger partial charge in [0.2, 0.25) is 0 Å². The second kappa shape index (κ2) is 11.8. The summed E-state index contributed by atoms with van der Waals surface area (Å²) in [5.74, 6) is -0.324. The van der Waals surface area contributed by atoms with Gasteiger partial charge in [0.25, 0.3) is 0 Å². The molecule has 0 heterocycles. The second-order valence-electron chi connectivity index (χ2n) is 6.55. The van der Waals surface area contributed by atoms with Gasteiger partial charge in [-0.25, -0.2) is 0 Å². The maximum absolute atomic E-state index is 12.0. The third kappa shape index (κ3) is 8.23. The molecule has 0 aromatic rings. The van der Waals surface area contributed by atoms with Crippen molar-refractivity contribution in [2.24, 2.45) is 11.8 Å². The number of carboxylic acid groups (broad SMARTS) is 1. The number of carbonyl (C=O) groups excluding carboxylic acids is 2. The summed E-state index contributed by atoms with van der Waals surface area (Å²) in [6.45, 7) is 2.15. The van der Waals surface area contributed by atoms with E-state index >= 15 is 0 Å². The highest BCUT2D eigenvalue weighted by molar-refractivity contribution is 5.90. The number of aliphatic carboxylic acids is 1. The van der Waals surface area contributed by atoms with E-state index in [2.05, 4.69) is 6.92 Å². The number of carbonyl (C=O) groups is 3. The minimum absolute atomic E-state index is 0.0600. The Bertz CT molecular complexity index is 476. The zero-order chi connectivity index (χ0) is 17.8. The molecule has 4 nitrogen and oxygen atoms in total. The molecule has 0 bridgehead atoms. The van der Waals surface area contributed by atoms with Crippen LogP contribution in [-0.2, 0) is 14.4 Å². The maximum atomic E-state index is 12.0. The monoisotopic (exact) mass is 334 g/mol. The van der Waals surface area contributed by atoms with Gasteiger partial charge in [-0.1, -0.05) is 44.4 Å². The number of hydrogen-bond acceptors (Lipinski definition) is 3. The molecular weight excluding hydrogens is 304 g/mol. The Balaban J connectivity index is 2.39. The lowest BCUT2D eigenvalue weighted by Gasteiger charge is -2.12. The molecule has 1 fully saturated rings. The predicted octanol–water partition coefficient (Wildman–Crippen LogP) is 4.49. The van der Waals surface area contributed by atoms with Gasteiger partial charge in [0.15, 0.2) is 5.78 Å². The van der Waals surface area contributed by atoms with Crippen molar-refractivity contribution in [3.63, 3.8) is 0 Å². The Morgan fingerprint density at radius 3 is 2.67 bits per heavy atom. The quantitative estimate of drug-likeness (QED) is 0.324. The van der Waals surface area contributed by atoms with Crippen molar-refractivity contribution in [2.45, 2.75) is 71.1 Å². The summed E-state index contributed by atoms with van der Waals surface area (Å²) in [6, 6.07) is 0. The zero-order valence-electron chi connectivity index (χ0n) is 14.7. The summed E-state index contributed by atoms with van der Waals surface area (Å²) in [4.78, 5) is 34.3. The Labute approximate surface area is 145 Å². The Kier molecular flexibility index (Phi) is 9.97. The van der Waals surface area contributed by atoms with Crippen LogP contribution in [0, 0.1) is 11.8 Å². The third-order valence-electron chi connectivity index (χ3n) is 4.54. The van der Waals surface area contributed by atoms with E-state index in [9.17, 15) is 14.4 Å². The Morgan fingerprint density at radius 1 is 1.17 bits per heavy atom. The van der Waals surface area contributed by atoms with Gasteiger partial charge in [0.05, 0.1) is 0 Å². The van der Waals surface area contributed by atoms with E-state index in [0.29, 0.717) is 25.7 Å². The van der Waals surface area contributed by atoms with Crippen LogP contribution in [0.1, 0.15) is 71.1 Å². The SMILES string of the molecule is CCCCCCC(=O)/C=C/C1CCC(=O)C1C/C=C/CCC(=O)O. The Morgan fingerprint density at radius 2 is 1.96 bits per heavy atom. The second-order valence-corrected chi connectivity index (χ2v) is 6.55. The van der Waals surface area contributed by atoms with Crippen LogP contribution in [-0.4, -0.2) is 22.6 Å². The highest BCUT2D eigenvalue weighted by Gasteiger charge is 2.31. The molecule has 0 aliphatic heterocycles. The van der Waals surface area contributed by atoms with Crippen LogP contribution in [0.25, 0.3) is 0 Å². The number of rotatable bonds is 12. The van der Waals surface area contributed by atoms with E-state index in [4.69, 9.17) is 5.11 Å². The lowest BCUT2D eigenvalue weighted by molar-refractivity contribution is -0.137. The first kappa shape index (κ1) is 20.3. The van der Waals surface area contributed by atoms with Gasteiger partial charge in [0.1, 0.15) is 5.78 Å². The molecule has 2 unspecified atom stereocenters. The highest BCUT2D eigenvalue weighted by atomic mass is 16.4. The van der Waals surface area contributed by atoms with Crippen LogP contribution in [0.3, 0.4) is 0 Å². The molecule has 2 atom stereocenters. The minimum Gasteiger partial charge on any atom is -0.481 e. The van der Waals surface area contributed by atoms with Crippen molar-refractivity contribution in [3.8, 4) is 0 Å². The van der Waals surface area contributed by atoms with E-state index in [-0.39, 0.29) is 29.8 Å². The number of allylic oxidation sites excluding steroid dienone is 4. The lowest BCUT2D eigenvalue weighted by atomic mass is 9.91. The van der Waals surface area contributed by atoms with Gasteiger partial charge in [-0.15, -0.1) is 0 Å². The highest BCUT2D eigenvalue weighted by Crippen LogP contribution is 2.32. The summed E-state index contributed by atoms with van der Waals surface area (Å²) in [6.07, 6.45) is 14.9. The van der Waals surface area contributed by atoms with Gasteiger partial charge < -0.3 is 5.11 Å². The van der Waals surface area contributed by atoms with Crippen molar-refractivity contribution in [3.05, 3.63) is 24.3 Å². The summed E-state index contributed by atoms with van der Waals surface area (Å²) in [5, 5.41) is 8.59. The van der Waals surface area contributed by atoms with Crippen LogP contribution in [0.15, 0.2) is 24.3 Å². The van der Waals surface area contributed by atoms with Crippen molar-refractivity contribution >= 4 is 17.5 Å². The summed E-state index contributed by atoms with van der Waals surface area (Å²) in [7, 11) is 0. The third-order valence-corrected chi connectivity index (χ3v) is 4.54. The molecule has 0 radical (unpaired) electrons. The molecule has 0 aromatic carbocycles. The molecule has 24 heavy (non-hydrogen) atoms. The molecule has 1 rings (SSSR count). The van der Waals surface area contributed by atoms with Crippen molar-refractivity contribution in [1.29, 1.82) is 0 Å². The van der Waals surface area contributed by atoms with Gasteiger partial charge >= 0.3 is 5.97 Å². The van der Waals surface area contributed by atoms with Crippen molar-refractivity contribution < 1.29 is 19.5 Å². The summed E-state index contributed by atoms with van der Waals surface area (Å²) < 4.78 is 0. The number of hydrogen-bond donors (Lipinski definition) is 1. The van der Waals surface area contributed by atoms with Gasteiger partial charge in [0, 0.05) is 25.2 Å². The van der Waals surface area contributed by atoms with E-state index < -0.39 is 5.97 Å². The van der Waals surface area contributed by atoms with E-state index in [1.165, 1.54) is 6.42 Å². The number of ketones is 2. The smallest absolute Gasteiger partial charge is 0.303 e. The summed E-state index contributed by atoms with van der Waals surface area (Å²) in [5.41, 5.74) is 0. The van der Waals surface area contributed by atoms with E-state index in [1.807, 2.05) is 18.2 Å². The van der Waals surface area contributed by atoms with Crippen LogP contribution in [0.4, 0.5) is 0 Å². The van der Waals surface area contributed by atoms with Crippen LogP contribution in [0.5, 0.6) is 0 Å². The van der Waals surface area contributed by atoms with Gasteiger partial charge in [-0.05, 0) is 37.7 Å². The normalized spacial score (nSPS) is 21.1. The fourth-order valence-electron chi connectivity index (χ4n) is 3.08. The first-order chi connectivity index (χ1) is 11.5. The standard InChI is InChI=1S/C20H30O4/c1-2-3-4-6-9-17(21)14-12-16-13-15-19(22)18(16)10-7-5-8-11-20(23)24/h5,7,12,14,16,18H,2-4,6,8-11,13,15H2,1H3,(H,23,24)/b7-5+,14-12+. The largest absolute Gasteiger partial charge is 0.481 e. The number of carboxylic acids is 1. The fourth-order valence-corrected chi connectivity index (χ4v) is 3.08. The molecule has 0 spiro atoms. The molecule has 1 N–H and O–H groups in total. The minimum atomic E-state index is -0.810. The molecule has 4 heteroatoms. The van der Waals surface area contributed by atoms with E-state index in [0.717, 1.165) is 25.7 Å². The van der Waals surface area contributed by atoms with Gasteiger partial charge in [-0.3, -0.25) is 14.4 Å². The molecule has 1 aliphatic rings. The first-order valence-corrected chi connectivity index (χ1v) is 9.15. The first-order valence-electron chi connectivity index (χ1n) is 9.15. The van der Waals surface area contributed by atoms with Crippen LogP contribution >= 0.6 is 0 Å².